The minimum Gasteiger partial charge on any atom is -0.384 e. The van der Waals surface area contributed by atoms with Crippen molar-refractivity contribution in [2.24, 2.45) is 0 Å². The number of benzene rings is 1. The first-order chi connectivity index (χ1) is 6.68. The Morgan fingerprint density at radius 3 is 2.64 bits per heavy atom. The fraction of sp³-hybridized carbons (Fsp3) is 0.100. The topological polar surface area (TPSA) is 43.8 Å². The van der Waals surface area contributed by atoms with Gasteiger partial charge in [0, 0.05) is 6.07 Å². The summed E-state index contributed by atoms with van der Waals surface area (Å²) in [6.45, 7) is 1.81. The second-order valence-corrected chi connectivity index (χ2v) is 3.07. The van der Waals surface area contributed by atoms with Crippen molar-refractivity contribution in [3.05, 3.63) is 41.8 Å². The lowest BCUT2D eigenvalue weighted by Gasteiger charge is -2.04. The van der Waals surface area contributed by atoms with Crippen LogP contribution >= 0.6 is 0 Å². The van der Waals surface area contributed by atoms with Crippen LogP contribution in [0, 0.1) is 12.7 Å². The maximum absolute atomic E-state index is 13.3. The molecule has 0 fully saturated rings. The van der Waals surface area contributed by atoms with Crippen molar-refractivity contribution in [3.8, 4) is 5.69 Å². The van der Waals surface area contributed by atoms with E-state index in [1.165, 1.54) is 10.7 Å². The van der Waals surface area contributed by atoms with Crippen LogP contribution < -0.4 is 5.73 Å². The Morgan fingerprint density at radius 2 is 2.07 bits per heavy atom. The first kappa shape index (κ1) is 8.74. The fourth-order valence-corrected chi connectivity index (χ4v) is 1.34. The molecule has 2 N–H and O–H groups in total. The molecule has 0 aliphatic heterocycles. The molecule has 0 unspecified atom stereocenters. The molecule has 0 amide bonds. The molecule has 0 saturated heterocycles. The van der Waals surface area contributed by atoms with Crippen molar-refractivity contribution in [2.75, 3.05) is 5.73 Å². The quantitative estimate of drug-likeness (QED) is 0.748. The lowest BCUT2D eigenvalue weighted by atomic mass is 10.3. The Labute approximate surface area is 81.0 Å². The summed E-state index contributed by atoms with van der Waals surface area (Å²) in [6, 6.07) is 8.09. The Balaban J connectivity index is 2.60. The molecule has 0 bridgehead atoms. The van der Waals surface area contributed by atoms with Gasteiger partial charge in [0.1, 0.15) is 17.3 Å². The predicted octanol–water partition coefficient (Wildman–Crippen LogP) is 1.90. The van der Waals surface area contributed by atoms with Gasteiger partial charge in [0.2, 0.25) is 0 Å². The van der Waals surface area contributed by atoms with E-state index < -0.39 is 0 Å². The second-order valence-electron chi connectivity index (χ2n) is 3.07. The van der Waals surface area contributed by atoms with Crippen LogP contribution in [0.1, 0.15) is 5.69 Å². The molecule has 0 aliphatic rings. The summed E-state index contributed by atoms with van der Waals surface area (Å²) in [5, 5.41) is 4.09. The third kappa shape index (κ3) is 1.35. The van der Waals surface area contributed by atoms with Gasteiger partial charge < -0.3 is 5.73 Å². The van der Waals surface area contributed by atoms with Gasteiger partial charge in [-0.3, -0.25) is 0 Å². The molecule has 1 heterocycles. The minimum atomic E-state index is -0.331. The van der Waals surface area contributed by atoms with Crippen LogP contribution in [-0.4, -0.2) is 9.78 Å². The molecular weight excluding hydrogens is 181 g/mol. The predicted molar refractivity (Wildman–Crippen MR) is 52.7 cm³/mol. The van der Waals surface area contributed by atoms with Crippen LogP contribution in [-0.2, 0) is 0 Å². The number of halogens is 1. The molecule has 2 rings (SSSR count). The zero-order chi connectivity index (χ0) is 10.1. The number of nitrogen functional groups attached to an aromatic ring is 1. The van der Waals surface area contributed by atoms with E-state index in [0.717, 1.165) is 5.69 Å². The van der Waals surface area contributed by atoms with Crippen LogP contribution in [0.5, 0.6) is 0 Å². The number of rotatable bonds is 1. The molecule has 0 saturated carbocycles. The van der Waals surface area contributed by atoms with E-state index >= 15 is 0 Å². The zero-order valence-corrected chi connectivity index (χ0v) is 7.74. The highest BCUT2D eigenvalue weighted by molar-refractivity contribution is 5.43. The van der Waals surface area contributed by atoms with Gasteiger partial charge in [-0.1, -0.05) is 12.1 Å². The molecule has 0 radical (unpaired) electrons. The van der Waals surface area contributed by atoms with Gasteiger partial charge in [0.25, 0.3) is 0 Å². The van der Waals surface area contributed by atoms with Crippen LogP contribution in [0.3, 0.4) is 0 Å². The average molecular weight is 191 g/mol. The van der Waals surface area contributed by atoms with Gasteiger partial charge in [-0.25, -0.2) is 9.07 Å². The number of nitrogens with two attached hydrogens (primary N) is 1. The number of anilines is 1. The number of hydrogen-bond acceptors (Lipinski definition) is 2. The summed E-state index contributed by atoms with van der Waals surface area (Å²) in [7, 11) is 0. The van der Waals surface area contributed by atoms with E-state index in [1.54, 1.807) is 24.3 Å². The van der Waals surface area contributed by atoms with Gasteiger partial charge in [-0.05, 0) is 19.1 Å². The highest BCUT2D eigenvalue weighted by Gasteiger charge is 2.07. The van der Waals surface area contributed by atoms with Crippen LogP contribution in [0.15, 0.2) is 30.3 Å². The Bertz CT molecular complexity index is 462. The largest absolute Gasteiger partial charge is 0.384 e. The fourth-order valence-electron chi connectivity index (χ4n) is 1.34. The highest BCUT2D eigenvalue weighted by Crippen LogP contribution is 2.16. The summed E-state index contributed by atoms with van der Waals surface area (Å²) >= 11 is 0. The van der Waals surface area contributed by atoms with Gasteiger partial charge in [-0.15, -0.1) is 0 Å². The van der Waals surface area contributed by atoms with Crippen LogP contribution in [0.4, 0.5) is 10.2 Å². The van der Waals surface area contributed by atoms with E-state index in [2.05, 4.69) is 5.10 Å². The smallest absolute Gasteiger partial charge is 0.148 e. The normalized spacial score (nSPS) is 10.4. The second kappa shape index (κ2) is 3.14. The monoisotopic (exact) mass is 191 g/mol. The highest BCUT2D eigenvalue weighted by atomic mass is 19.1. The molecule has 3 nitrogen and oxygen atoms in total. The third-order valence-corrected chi connectivity index (χ3v) is 1.94. The van der Waals surface area contributed by atoms with Crippen LogP contribution in [0.2, 0.25) is 0 Å². The first-order valence-electron chi connectivity index (χ1n) is 4.25. The van der Waals surface area contributed by atoms with Crippen molar-refractivity contribution in [3.63, 3.8) is 0 Å². The lowest BCUT2D eigenvalue weighted by Crippen LogP contribution is -2.03. The molecule has 2 aromatic rings. The summed E-state index contributed by atoms with van der Waals surface area (Å²) in [5.41, 5.74) is 6.82. The molecule has 72 valence electrons. The molecule has 4 heteroatoms. The standard InChI is InChI=1S/C10H10FN3/c1-7-6-10(12)14(13-7)9-5-3-2-4-8(9)11/h2-6H,12H2,1H3. The third-order valence-electron chi connectivity index (χ3n) is 1.94. The molecule has 0 spiro atoms. The van der Waals surface area contributed by atoms with E-state index in [-0.39, 0.29) is 5.82 Å². The molecule has 1 aromatic heterocycles. The molecule has 0 aliphatic carbocycles. The summed E-state index contributed by atoms with van der Waals surface area (Å²) in [4.78, 5) is 0. The van der Waals surface area contributed by atoms with E-state index in [1.807, 2.05) is 6.92 Å². The summed E-state index contributed by atoms with van der Waals surface area (Å²) in [5.74, 6) is 0.106. The average Bonchev–Trinajstić information content (AvgIpc) is 2.46. The summed E-state index contributed by atoms with van der Waals surface area (Å²) in [6.07, 6.45) is 0. The molecule has 0 atom stereocenters. The number of nitrogens with zero attached hydrogens (tertiary/aromatic N) is 2. The molecule has 14 heavy (non-hydrogen) atoms. The van der Waals surface area contributed by atoms with E-state index in [0.29, 0.717) is 11.5 Å². The summed E-state index contributed by atoms with van der Waals surface area (Å²) < 4.78 is 14.7. The van der Waals surface area contributed by atoms with Crippen molar-refractivity contribution < 1.29 is 4.39 Å². The number of para-hydroxylation sites is 1. The Hall–Kier alpha value is -1.84. The Kier molecular flexibility index (Phi) is 1.96. The van der Waals surface area contributed by atoms with Crippen LogP contribution in [0.25, 0.3) is 5.69 Å². The van der Waals surface area contributed by atoms with Crippen molar-refractivity contribution in [2.45, 2.75) is 6.92 Å². The van der Waals surface area contributed by atoms with Gasteiger partial charge in [-0.2, -0.15) is 5.10 Å². The Morgan fingerprint density at radius 1 is 1.36 bits per heavy atom. The van der Waals surface area contributed by atoms with Gasteiger partial charge >= 0.3 is 0 Å². The molecular formula is C10H10FN3. The van der Waals surface area contributed by atoms with Gasteiger partial charge in [0.15, 0.2) is 0 Å². The maximum Gasteiger partial charge on any atom is 0.148 e. The lowest BCUT2D eigenvalue weighted by molar-refractivity contribution is 0.611. The van der Waals surface area contributed by atoms with Gasteiger partial charge in [0.05, 0.1) is 5.69 Å². The SMILES string of the molecule is Cc1cc(N)n(-c2ccccc2F)n1. The number of hydrogen-bond donors (Lipinski definition) is 1. The van der Waals surface area contributed by atoms with E-state index in [4.69, 9.17) is 5.73 Å². The number of aryl methyl sites for hydroxylation is 1. The number of aromatic nitrogens is 2. The maximum atomic E-state index is 13.3. The first-order valence-corrected chi connectivity index (χ1v) is 4.25. The van der Waals surface area contributed by atoms with Crippen molar-refractivity contribution in [1.29, 1.82) is 0 Å². The van der Waals surface area contributed by atoms with Crippen molar-refractivity contribution in [1.82, 2.24) is 9.78 Å². The van der Waals surface area contributed by atoms with E-state index in [9.17, 15) is 4.39 Å². The molecule has 1 aromatic carbocycles. The minimum absolute atomic E-state index is 0.331. The van der Waals surface area contributed by atoms with Crippen molar-refractivity contribution >= 4 is 5.82 Å². The zero-order valence-electron chi connectivity index (χ0n) is 7.74.